The van der Waals surface area contributed by atoms with Gasteiger partial charge in [0, 0.05) is 6.42 Å². The molecule has 0 bridgehead atoms. The van der Waals surface area contributed by atoms with Crippen molar-refractivity contribution in [3.05, 3.63) is 21.3 Å². The maximum Gasteiger partial charge on any atom is 0.261 e. The summed E-state index contributed by atoms with van der Waals surface area (Å²) < 4.78 is 28.4. The number of carbonyl (C=O) groups is 1. The Bertz CT molecular complexity index is 328. The predicted octanol–water partition coefficient (Wildman–Crippen LogP) is 3.26. The SMILES string of the molecule is O=C(CCOCC(F)F)c1ccc(Cl)s1. The standard InChI is InChI=1S/C9H9ClF2O2S/c10-8-2-1-7(15-8)6(13)3-4-14-5-9(11)12/h1-2,9H,3-5H2. The molecule has 0 spiro atoms. The van der Waals surface area contributed by atoms with Crippen LogP contribution in [0.1, 0.15) is 16.1 Å². The minimum atomic E-state index is -2.49. The largest absolute Gasteiger partial charge is 0.375 e. The van der Waals surface area contributed by atoms with Crippen molar-refractivity contribution in [3.63, 3.8) is 0 Å². The zero-order valence-corrected chi connectivity index (χ0v) is 9.28. The van der Waals surface area contributed by atoms with Crippen LogP contribution in [0.15, 0.2) is 12.1 Å². The summed E-state index contributed by atoms with van der Waals surface area (Å²) in [4.78, 5) is 11.9. The molecular formula is C9H9ClF2O2S. The van der Waals surface area contributed by atoms with Crippen LogP contribution >= 0.6 is 22.9 Å². The van der Waals surface area contributed by atoms with E-state index in [1.807, 2.05) is 0 Å². The second kappa shape index (κ2) is 6.15. The van der Waals surface area contributed by atoms with Gasteiger partial charge in [-0.05, 0) is 12.1 Å². The summed E-state index contributed by atoms with van der Waals surface area (Å²) >= 11 is 6.82. The molecule has 0 aliphatic heterocycles. The maximum atomic E-state index is 11.7. The number of hydrogen-bond acceptors (Lipinski definition) is 3. The van der Waals surface area contributed by atoms with Gasteiger partial charge >= 0.3 is 0 Å². The Balaban J connectivity index is 2.25. The van der Waals surface area contributed by atoms with Gasteiger partial charge in [-0.15, -0.1) is 11.3 Å². The van der Waals surface area contributed by atoms with Crippen LogP contribution in [-0.4, -0.2) is 25.4 Å². The second-order valence-electron chi connectivity index (χ2n) is 2.74. The molecule has 0 aliphatic carbocycles. The number of ether oxygens (including phenoxy) is 1. The van der Waals surface area contributed by atoms with Crippen LogP contribution in [0, 0.1) is 0 Å². The average Bonchev–Trinajstić information content (AvgIpc) is 2.59. The van der Waals surface area contributed by atoms with Gasteiger partial charge in [-0.25, -0.2) is 8.78 Å². The summed E-state index contributed by atoms with van der Waals surface area (Å²) in [5.74, 6) is -0.138. The number of carbonyl (C=O) groups excluding carboxylic acids is 1. The summed E-state index contributed by atoms with van der Waals surface area (Å²) in [5, 5.41) is 0. The Morgan fingerprint density at radius 3 is 2.80 bits per heavy atom. The van der Waals surface area contributed by atoms with E-state index in [9.17, 15) is 13.6 Å². The molecule has 0 unspecified atom stereocenters. The molecule has 0 N–H and O–H groups in total. The lowest BCUT2D eigenvalue weighted by atomic mass is 10.2. The van der Waals surface area contributed by atoms with E-state index >= 15 is 0 Å². The number of ketones is 1. The molecule has 1 rings (SSSR count). The van der Waals surface area contributed by atoms with Crippen molar-refractivity contribution in [3.8, 4) is 0 Å². The first kappa shape index (κ1) is 12.5. The van der Waals surface area contributed by atoms with E-state index in [-0.39, 0.29) is 18.8 Å². The van der Waals surface area contributed by atoms with E-state index < -0.39 is 13.0 Å². The predicted molar refractivity (Wildman–Crippen MR) is 55.1 cm³/mol. The third kappa shape index (κ3) is 4.68. The fourth-order valence-electron chi connectivity index (χ4n) is 0.925. The first-order chi connectivity index (χ1) is 7.09. The highest BCUT2D eigenvalue weighted by Gasteiger charge is 2.09. The Labute approximate surface area is 94.8 Å². The number of hydrogen-bond donors (Lipinski definition) is 0. The Morgan fingerprint density at radius 1 is 1.53 bits per heavy atom. The zero-order valence-electron chi connectivity index (χ0n) is 7.71. The van der Waals surface area contributed by atoms with Crippen molar-refractivity contribution in [1.29, 1.82) is 0 Å². The molecular weight excluding hydrogens is 246 g/mol. The van der Waals surface area contributed by atoms with Crippen LogP contribution in [0.25, 0.3) is 0 Å². The normalized spacial score (nSPS) is 10.9. The van der Waals surface area contributed by atoms with Crippen LogP contribution in [0.2, 0.25) is 4.34 Å². The third-order valence-electron chi connectivity index (χ3n) is 1.57. The van der Waals surface area contributed by atoms with Gasteiger partial charge in [0.15, 0.2) is 5.78 Å². The molecule has 6 heteroatoms. The lowest BCUT2D eigenvalue weighted by Crippen LogP contribution is -2.08. The molecule has 1 heterocycles. The van der Waals surface area contributed by atoms with Crippen LogP contribution in [0.4, 0.5) is 8.78 Å². The van der Waals surface area contributed by atoms with Gasteiger partial charge in [0.25, 0.3) is 6.43 Å². The smallest absolute Gasteiger partial charge is 0.261 e. The van der Waals surface area contributed by atoms with Gasteiger partial charge < -0.3 is 4.74 Å². The van der Waals surface area contributed by atoms with Crippen LogP contribution < -0.4 is 0 Å². The number of Topliss-reactive ketones (excluding diaryl/α,β-unsaturated/α-hetero) is 1. The van der Waals surface area contributed by atoms with E-state index in [1.54, 1.807) is 12.1 Å². The van der Waals surface area contributed by atoms with Crippen molar-refractivity contribution in [1.82, 2.24) is 0 Å². The molecule has 0 aromatic carbocycles. The lowest BCUT2D eigenvalue weighted by molar-refractivity contribution is 0.0170. The quantitative estimate of drug-likeness (QED) is 0.575. The molecule has 0 fully saturated rings. The monoisotopic (exact) mass is 254 g/mol. The maximum absolute atomic E-state index is 11.7. The number of thiophene rings is 1. The van der Waals surface area contributed by atoms with Gasteiger partial charge in [0.05, 0.1) is 15.8 Å². The molecule has 0 atom stereocenters. The third-order valence-corrected chi connectivity index (χ3v) is 2.84. The average molecular weight is 255 g/mol. The van der Waals surface area contributed by atoms with E-state index in [0.717, 1.165) is 0 Å². The molecule has 15 heavy (non-hydrogen) atoms. The molecule has 84 valence electrons. The van der Waals surface area contributed by atoms with E-state index in [2.05, 4.69) is 4.74 Å². The Hall–Kier alpha value is -0.520. The molecule has 0 aliphatic rings. The van der Waals surface area contributed by atoms with Crippen molar-refractivity contribution in [2.24, 2.45) is 0 Å². The molecule has 0 saturated carbocycles. The highest BCUT2D eigenvalue weighted by atomic mass is 35.5. The summed E-state index contributed by atoms with van der Waals surface area (Å²) in [6.45, 7) is -0.614. The summed E-state index contributed by atoms with van der Waals surface area (Å²) in [6, 6.07) is 3.24. The minimum absolute atomic E-state index is 0.0126. The second-order valence-corrected chi connectivity index (χ2v) is 4.46. The molecule has 2 nitrogen and oxygen atoms in total. The highest BCUT2D eigenvalue weighted by molar-refractivity contribution is 7.18. The van der Waals surface area contributed by atoms with Gasteiger partial charge in [0.2, 0.25) is 0 Å². The van der Waals surface area contributed by atoms with Gasteiger partial charge in [-0.1, -0.05) is 11.6 Å². The molecule has 0 saturated heterocycles. The van der Waals surface area contributed by atoms with Crippen molar-refractivity contribution >= 4 is 28.7 Å². The fraction of sp³-hybridized carbons (Fsp3) is 0.444. The Morgan fingerprint density at radius 2 is 2.27 bits per heavy atom. The van der Waals surface area contributed by atoms with Crippen LogP contribution in [-0.2, 0) is 4.74 Å². The van der Waals surface area contributed by atoms with E-state index in [1.165, 1.54) is 11.3 Å². The van der Waals surface area contributed by atoms with Crippen LogP contribution in [0.3, 0.4) is 0 Å². The van der Waals surface area contributed by atoms with Crippen LogP contribution in [0.5, 0.6) is 0 Å². The minimum Gasteiger partial charge on any atom is -0.375 e. The number of rotatable bonds is 6. The molecule has 0 radical (unpaired) electrons. The van der Waals surface area contributed by atoms with Crippen molar-refractivity contribution in [2.45, 2.75) is 12.8 Å². The van der Waals surface area contributed by atoms with E-state index in [4.69, 9.17) is 11.6 Å². The molecule has 1 aromatic rings. The zero-order chi connectivity index (χ0) is 11.3. The summed E-state index contributed by atoms with van der Waals surface area (Å²) in [7, 11) is 0. The highest BCUT2D eigenvalue weighted by Crippen LogP contribution is 2.22. The first-order valence-corrected chi connectivity index (χ1v) is 5.43. The lowest BCUT2D eigenvalue weighted by Gasteiger charge is -2.01. The van der Waals surface area contributed by atoms with Gasteiger partial charge in [-0.2, -0.15) is 0 Å². The van der Waals surface area contributed by atoms with Crippen molar-refractivity contribution in [2.75, 3.05) is 13.2 Å². The molecule has 0 amide bonds. The first-order valence-electron chi connectivity index (χ1n) is 4.24. The summed E-state index contributed by atoms with van der Waals surface area (Å²) in [6.07, 6.45) is -2.39. The van der Waals surface area contributed by atoms with Gasteiger partial charge in [0.1, 0.15) is 6.61 Å². The molecule has 1 aromatic heterocycles. The van der Waals surface area contributed by atoms with Gasteiger partial charge in [-0.3, -0.25) is 4.79 Å². The summed E-state index contributed by atoms with van der Waals surface area (Å²) in [5.41, 5.74) is 0. The van der Waals surface area contributed by atoms with E-state index in [0.29, 0.717) is 9.21 Å². The number of alkyl halides is 2. The van der Waals surface area contributed by atoms with Crippen molar-refractivity contribution < 1.29 is 18.3 Å². The fourth-order valence-corrected chi connectivity index (χ4v) is 1.94. The number of halogens is 3. The topological polar surface area (TPSA) is 26.3 Å². The Kier molecular flexibility index (Phi) is 5.14.